The van der Waals surface area contributed by atoms with Crippen LogP contribution in [0.1, 0.15) is 23.7 Å². The van der Waals surface area contributed by atoms with Gasteiger partial charge in [0.2, 0.25) is 5.91 Å². The number of hydrogen-bond acceptors (Lipinski definition) is 5. The zero-order chi connectivity index (χ0) is 18.5. The Morgan fingerprint density at radius 2 is 2.00 bits per heavy atom. The van der Waals surface area contributed by atoms with Crippen LogP contribution in [0.5, 0.6) is 0 Å². The van der Waals surface area contributed by atoms with Crippen LogP contribution in [-0.4, -0.2) is 23.1 Å². The molecule has 0 atom stereocenters. The molecule has 0 radical (unpaired) electrons. The number of rotatable bonds is 6. The summed E-state index contributed by atoms with van der Waals surface area (Å²) >= 11 is 5.22. The maximum atomic E-state index is 12.3. The van der Waals surface area contributed by atoms with Crippen LogP contribution in [0.4, 0.5) is 5.69 Å². The van der Waals surface area contributed by atoms with E-state index in [0.717, 1.165) is 5.52 Å². The van der Waals surface area contributed by atoms with E-state index in [1.165, 1.54) is 0 Å². The predicted octanol–water partition coefficient (Wildman–Crippen LogP) is 4.17. The van der Waals surface area contributed by atoms with Gasteiger partial charge in [-0.1, -0.05) is 18.2 Å². The number of esters is 1. The fourth-order valence-electron chi connectivity index (χ4n) is 2.60. The number of hydrogen-bond donors (Lipinski definition) is 1. The Kier molecular flexibility index (Phi) is 5.48. The lowest BCUT2D eigenvalue weighted by molar-refractivity contribution is -0.116. The first-order chi connectivity index (χ1) is 12.6. The molecule has 1 N–H and O–H groups in total. The number of carbonyl (C=O) groups excluding carboxylic acids is 2. The minimum absolute atomic E-state index is 0.182. The third kappa shape index (κ3) is 4.00. The molecule has 0 spiro atoms. The van der Waals surface area contributed by atoms with E-state index < -0.39 is 5.97 Å². The number of fused-ring (bicyclic) bond motifs is 1. The Labute approximate surface area is 155 Å². The van der Waals surface area contributed by atoms with Crippen LogP contribution in [-0.2, 0) is 16.1 Å². The van der Waals surface area contributed by atoms with Crippen molar-refractivity contribution in [3.05, 3.63) is 58.9 Å². The summed E-state index contributed by atoms with van der Waals surface area (Å²) in [5.74, 6) is -0.599. The number of amides is 1. The van der Waals surface area contributed by atoms with Crippen LogP contribution in [0.2, 0.25) is 0 Å². The van der Waals surface area contributed by atoms with E-state index in [1.807, 2.05) is 24.3 Å². The van der Waals surface area contributed by atoms with Gasteiger partial charge in [-0.05, 0) is 49.5 Å². The van der Waals surface area contributed by atoms with Crippen molar-refractivity contribution in [2.24, 2.45) is 0 Å². The number of aromatic nitrogens is 1. The summed E-state index contributed by atoms with van der Waals surface area (Å²) in [6.45, 7) is 2.45. The van der Waals surface area contributed by atoms with E-state index in [9.17, 15) is 9.59 Å². The first kappa shape index (κ1) is 17.9. The van der Waals surface area contributed by atoms with Gasteiger partial charge < -0.3 is 14.5 Å². The first-order valence-electron chi connectivity index (χ1n) is 8.24. The number of nitrogens with one attached hydrogen (secondary N) is 1. The van der Waals surface area contributed by atoms with E-state index in [4.69, 9.17) is 21.4 Å². The van der Waals surface area contributed by atoms with Crippen LogP contribution < -0.4 is 5.32 Å². The number of oxazole rings is 1. The number of nitrogens with zero attached hydrogens (tertiary/aromatic N) is 1. The van der Waals surface area contributed by atoms with Crippen molar-refractivity contribution in [2.75, 3.05) is 11.9 Å². The van der Waals surface area contributed by atoms with Crippen molar-refractivity contribution < 1.29 is 18.7 Å². The molecule has 134 valence electrons. The summed E-state index contributed by atoms with van der Waals surface area (Å²) in [5, 5.41) is 2.78. The maximum Gasteiger partial charge on any atom is 0.338 e. The molecule has 0 fully saturated rings. The predicted molar refractivity (Wildman–Crippen MR) is 101 cm³/mol. The molecule has 3 rings (SSSR count). The molecule has 3 aromatic rings. The van der Waals surface area contributed by atoms with Gasteiger partial charge in [-0.25, -0.2) is 4.79 Å². The quantitative estimate of drug-likeness (QED) is 0.521. The summed E-state index contributed by atoms with van der Waals surface area (Å²) in [4.78, 5) is 24.4. The average molecular weight is 370 g/mol. The first-order valence-corrected chi connectivity index (χ1v) is 8.64. The van der Waals surface area contributed by atoms with Gasteiger partial charge in [-0.2, -0.15) is 0 Å². The molecule has 6 nitrogen and oxygen atoms in total. The van der Waals surface area contributed by atoms with E-state index in [0.29, 0.717) is 34.8 Å². The van der Waals surface area contributed by atoms with Gasteiger partial charge >= 0.3 is 5.97 Å². The lowest BCUT2D eigenvalue weighted by atomic mass is 10.2. The van der Waals surface area contributed by atoms with Crippen molar-refractivity contribution >= 4 is 40.9 Å². The largest absolute Gasteiger partial charge is 0.462 e. The molecule has 0 aliphatic heterocycles. The second kappa shape index (κ2) is 7.97. The lowest BCUT2D eigenvalue weighted by Gasteiger charge is -2.08. The number of carbonyl (C=O) groups is 2. The SMILES string of the molecule is CCOC(=O)c1cccc(NC(=O)CCn2c(=S)oc3ccccc32)c1. The summed E-state index contributed by atoms with van der Waals surface area (Å²) in [6, 6.07) is 14.1. The van der Waals surface area contributed by atoms with Crippen LogP contribution in [0.15, 0.2) is 52.9 Å². The average Bonchev–Trinajstić information content (AvgIpc) is 2.95. The summed E-state index contributed by atoms with van der Waals surface area (Å²) in [7, 11) is 0. The van der Waals surface area contributed by atoms with Gasteiger partial charge in [0.25, 0.3) is 4.84 Å². The number of benzene rings is 2. The monoisotopic (exact) mass is 370 g/mol. The van der Waals surface area contributed by atoms with Crippen molar-refractivity contribution in [3.63, 3.8) is 0 Å². The topological polar surface area (TPSA) is 73.5 Å². The lowest BCUT2D eigenvalue weighted by Crippen LogP contribution is -2.15. The molecule has 0 saturated carbocycles. The molecule has 0 aliphatic carbocycles. The Morgan fingerprint density at radius 1 is 1.19 bits per heavy atom. The zero-order valence-electron chi connectivity index (χ0n) is 14.2. The van der Waals surface area contributed by atoms with Gasteiger partial charge in [0, 0.05) is 18.7 Å². The maximum absolute atomic E-state index is 12.3. The van der Waals surface area contributed by atoms with E-state index in [-0.39, 0.29) is 12.3 Å². The molecule has 7 heteroatoms. The number of anilines is 1. The van der Waals surface area contributed by atoms with E-state index in [1.54, 1.807) is 35.8 Å². The minimum Gasteiger partial charge on any atom is -0.462 e. The Hall–Kier alpha value is -2.93. The van der Waals surface area contributed by atoms with Crippen molar-refractivity contribution in [1.82, 2.24) is 4.57 Å². The van der Waals surface area contributed by atoms with Crippen molar-refractivity contribution in [2.45, 2.75) is 19.9 Å². The smallest absolute Gasteiger partial charge is 0.338 e. The number of para-hydroxylation sites is 2. The number of ether oxygens (including phenoxy) is 1. The van der Waals surface area contributed by atoms with Crippen molar-refractivity contribution in [3.8, 4) is 0 Å². The highest BCUT2D eigenvalue weighted by Crippen LogP contribution is 2.18. The van der Waals surface area contributed by atoms with Crippen LogP contribution >= 0.6 is 12.2 Å². The molecule has 1 amide bonds. The van der Waals surface area contributed by atoms with Gasteiger partial charge in [0.1, 0.15) is 0 Å². The molecule has 0 unspecified atom stereocenters. The van der Waals surface area contributed by atoms with Crippen LogP contribution in [0, 0.1) is 4.84 Å². The molecular formula is C19H18N2O4S. The van der Waals surface area contributed by atoms with Gasteiger partial charge in [0.05, 0.1) is 17.7 Å². The normalized spacial score (nSPS) is 10.7. The third-order valence-corrected chi connectivity index (χ3v) is 4.10. The molecule has 2 aromatic carbocycles. The Morgan fingerprint density at radius 3 is 2.81 bits per heavy atom. The second-order valence-electron chi connectivity index (χ2n) is 5.59. The second-order valence-corrected chi connectivity index (χ2v) is 5.94. The highest BCUT2D eigenvalue weighted by molar-refractivity contribution is 7.71. The van der Waals surface area contributed by atoms with E-state index in [2.05, 4.69) is 5.32 Å². The molecule has 1 heterocycles. The molecule has 26 heavy (non-hydrogen) atoms. The van der Waals surface area contributed by atoms with Crippen LogP contribution in [0.25, 0.3) is 11.1 Å². The third-order valence-electron chi connectivity index (χ3n) is 3.79. The fraction of sp³-hybridized carbons (Fsp3) is 0.211. The highest BCUT2D eigenvalue weighted by atomic mass is 32.1. The molecule has 0 bridgehead atoms. The Balaban J connectivity index is 1.66. The van der Waals surface area contributed by atoms with Gasteiger partial charge in [-0.15, -0.1) is 0 Å². The highest BCUT2D eigenvalue weighted by Gasteiger charge is 2.11. The molecule has 0 aliphatic rings. The molecule has 0 saturated heterocycles. The standard InChI is InChI=1S/C19H18N2O4S/c1-2-24-18(23)13-6-5-7-14(12-13)20-17(22)10-11-21-15-8-3-4-9-16(15)25-19(21)26/h3-9,12H,2,10-11H2,1H3,(H,20,22). The molecule has 1 aromatic heterocycles. The summed E-state index contributed by atoms with van der Waals surface area (Å²) < 4.78 is 12.3. The van der Waals surface area contributed by atoms with Gasteiger partial charge in [-0.3, -0.25) is 9.36 Å². The summed E-state index contributed by atoms with van der Waals surface area (Å²) in [5.41, 5.74) is 2.49. The number of aryl methyl sites for hydroxylation is 1. The van der Waals surface area contributed by atoms with Gasteiger partial charge in [0.15, 0.2) is 5.58 Å². The van der Waals surface area contributed by atoms with Crippen LogP contribution in [0.3, 0.4) is 0 Å². The summed E-state index contributed by atoms with van der Waals surface area (Å²) in [6.07, 6.45) is 0.224. The van der Waals surface area contributed by atoms with E-state index >= 15 is 0 Å². The van der Waals surface area contributed by atoms with Crippen molar-refractivity contribution in [1.29, 1.82) is 0 Å². The fourth-order valence-corrected chi connectivity index (χ4v) is 2.88. The molecular weight excluding hydrogens is 352 g/mol. The Bertz CT molecular complexity index is 1010. The zero-order valence-corrected chi connectivity index (χ0v) is 15.0. The minimum atomic E-state index is -0.417.